The molecule has 3 aliphatic heterocycles. The number of rotatable bonds is 3. The van der Waals surface area contributed by atoms with Crippen LogP contribution in [-0.4, -0.2) is 81.9 Å². The zero-order valence-electron chi connectivity index (χ0n) is 27.1. The van der Waals surface area contributed by atoms with E-state index in [0.717, 1.165) is 23.1 Å². The third kappa shape index (κ3) is 9.95. The largest absolute Gasteiger partial charge is 0.478 e. The van der Waals surface area contributed by atoms with Crippen LogP contribution in [0.4, 0.5) is 56.7 Å². The van der Waals surface area contributed by atoms with E-state index in [4.69, 9.17) is 50.1 Å². The number of halogens is 12. The van der Waals surface area contributed by atoms with Crippen LogP contribution in [0.2, 0.25) is 15.1 Å². The van der Waals surface area contributed by atoms with Crippen LogP contribution in [0.5, 0.6) is 0 Å². The number of aliphatic carboxylic acids is 3. The summed E-state index contributed by atoms with van der Waals surface area (Å²) < 4.78 is 115. The zero-order chi connectivity index (χ0) is 41.4. The van der Waals surface area contributed by atoms with Gasteiger partial charge in [0.1, 0.15) is 5.82 Å². The van der Waals surface area contributed by atoms with Gasteiger partial charge in [0.15, 0.2) is 18.1 Å². The third-order valence-electron chi connectivity index (χ3n) is 7.79. The summed E-state index contributed by atoms with van der Waals surface area (Å²) in [5.41, 5.74) is -0.891. The van der Waals surface area contributed by atoms with Crippen molar-refractivity contribution in [2.24, 2.45) is 0 Å². The summed E-state index contributed by atoms with van der Waals surface area (Å²) in [4.78, 5) is 37.3. The van der Waals surface area contributed by atoms with Gasteiger partial charge >= 0.3 is 36.4 Å². The van der Waals surface area contributed by atoms with Crippen LogP contribution in [-0.2, 0) is 14.4 Å². The Morgan fingerprint density at radius 2 is 1.09 bits per heavy atom. The number of likely N-dealkylation sites (N-methyl/N-ethyl adjacent to an activating group) is 1. The first-order valence-corrected chi connectivity index (χ1v) is 16.0. The second-order valence-corrected chi connectivity index (χ2v) is 12.8. The number of anilines is 3. The summed E-state index contributed by atoms with van der Waals surface area (Å²) in [6.07, 6.45) is -9.97. The molecule has 0 radical (unpaired) electrons. The van der Waals surface area contributed by atoms with Crippen molar-refractivity contribution in [1.82, 2.24) is 4.98 Å². The molecule has 3 aliphatic rings. The van der Waals surface area contributed by atoms with Gasteiger partial charge < -0.3 is 30.9 Å². The van der Waals surface area contributed by atoms with E-state index in [9.17, 15) is 53.9 Å². The molecule has 3 aromatic rings. The van der Waals surface area contributed by atoms with E-state index in [0.29, 0.717) is 21.2 Å². The average Bonchev–Trinajstić information content (AvgIpc) is 3.05. The Kier molecular flexibility index (Phi) is 12.3. The molecule has 0 aliphatic carbocycles. The highest BCUT2D eigenvalue weighted by atomic mass is 35.5. The molecule has 10 nitrogen and oxygen atoms in total. The van der Waals surface area contributed by atoms with E-state index in [1.807, 2.05) is 0 Å². The second-order valence-electron chi connectivity index (χ2n) is 11.5. The number of alkyl halides is 9. The number of nitrogens with one attached hydrogen (secondary N) is 2. The van der Waals surface area contributed by atoms with Gasteiger partial charge in [-0.25, -0.2) is 19.4 Å². The Labute approximate surface area is 318 Å². The van der Waals surface area contributed by atoms with Gasteiger partial charge in [-0.2, -0.15) is 39.5 Å². The van der Waals surface area contributed by atoms with Crippen molar-refractivity contribution in [2.75, 3.05) is 22.6 Å². The third-order valence-corrected chi connectivity index (χ3v) is 8.47. The Hall–Kier alpha value is -5.14. The smallest absolute Gasteiger partial charge is 0.413 e. The summed E-state index contributed by atoms with van der Waals surface area (Å²) in [6.45, 7) is 0. The van der Waals surface area contributed by atoms with Crippen molar-refractivity contribution in [3.05, 3.63) is 97.1 Å². The number of carboxylic acids is 3. The summed E-state index contributed by atoms with van der Waals surface area (Å²) in [5.74, 6) is -4.91. The molecule has 3 atom stereocenters. The lowest BCUT2D eigenvalue weighted by atomic mass is 9.95. The Bertz CT molecular complexity index is 2020. The number of carbonyl (C=O) groups is 3. The number of benzene rings is 2. The Balaban J connectivity index is 0.000000184. The summed E-state index contributed by atoms with van der Waals surface area (Å²) in [6, 6.07) is 3.22. The lowest BCUT2D eigenvalue weighted by Crippen LogP contribution is -2.48. The molecular weight excluding hydrogens is 826 g/mol. The monoisotopic (exact) mass is 846 g/mol. The average molecular weight is 848 g/mol. The quantitative estimate of drug-likeness (QED) is 0.162. The van der Waals surface area contributed by atoms with Crippen molar-refractivity contribution < 1.29 is 69.2 Å². The molecule has 4 heterocycles. The molecule has 2 aromatic carbocycles. The van der Waals surface area contributed by atoms with E-state index in [2.05, 4.69) is 15.6 Å². The highest BCUT2D eigenvalue weighted by molar-refractivity contribution is 6.31. The fourth-order valence-electron chi connectivity index (χ4n) is 5.44. The molecule has 22 heteroatoms. The van der Waals surface area contributed by atoms with Gasteiger partial charge in [0.2, 0.25) is 0 Å². The standard InChI is InChI=1S/C12H9ClF3NO2.C11H7ClF3NO2.C10H6ClF3N2O2/c1-17-9-3-2-7(13)4-6(9)5-8(11(18)19)10(17)12(14,15)16;12-6-1-2-8-5(3-6)4-7(10(17)18)9(16-8)11(13,14)15;11-5-1-4-2-6(9(17)18)7(10(12,13)14)16-8(4)15-3-5/h2-5,10H,1H3,(H,18,19);1-4,9,16H,(H,17,18);1-3,7H,(H,15,16)(H,17,18)/t;9-;/m.0./s1. The van der Waals surface area contributed by atoms with E-state index < -0.39 is 71.3 Å². The number of hydrogen-bond acceptors (Lipinski definition) is 7. The van der Waals surface area contributed by atoms with E-state index in [-0.39, 0.29) is 27.8 Å². The predicted molar refractivity (Wildman–Crippen MR) is 184 cm³/mol. The maximum atomic E-state index is 13.0. The van der Waals surface area contributed by atoms with Crippen LogP contribution in [0.25, 0.3) is 18.2 Å². The Morgan fingerprint density at radius 3 is 1.60 bits per heavy atom. The normalized spacial score (nSPS) is 18.7. The van der Waals surface area contributed by atoms with Crippen LogP contribution in [0.3, 0.4) is 0 Å². The molecule has 55 heavy (non-hydrogen) atoms. The summed E-state index contributed by atoms with van der Waals surface area (Å²) in [7, 11) is 1.21. The van der Waals surface area contributed by atoms with Crippen LogP contribution in [0, 0.1) is 0 Å². The molecule has 0 saturated heterocycles. The van der Waals surface area contributed by atoms with Crippen molar-refractivity contribution in [2.45, 2.75) is 36.7 Å². The van der Waals surface area contributed by atoms with Crippen LogP contribution in [0.15, 0.2) is 65.4 Å². The van der Waals surface area contributed by atoms with Gasteiger partial charge in [-0.3, -0.25) is 0 Å². The molecule has 6 rings (SSSR count). The lowest BCUT2D eigenvalue weighted by Gasteiger charge is -2.36. The van der Waals surface area contributed by atoms with Gasteiger partial charge in [-0.05, 0) is 71.8 Å². The molecule has 0 bridgehead atoms. The van der Waals surface area contributed by atoms with Crippen LogP contribution < -0.4 is 15.5 Å². The van der Waals surface area contributed by atoms with Gasteiger partial charge in [0.25, 0.3) is 0 Å². The molecule has 0 fully saturated rings. The first-order valence-electron chi connectivity index (χ1n) is 14.8. The summed E-state index contributed by atoms with van der Waals surface area (Å²) >= 11 is 17.1. The first kappa shape index (κ1) is 42.6. The fourth-order valence-corrected chi connectivity index (χ4v) is 5.96. The molecule has 5 N–H and O–H groups in total. The fraction of sp³-hybridized carbons (Fsp3) is 0.212. The first-order chi connectivity index (χ1) is 25.3. The van der Waals surface area contributed by atoms with E-state index >= 15 is 0 Å². The molecule has 1 aromatic heterocycles. The number of fused-ring (bicyclic) bond motifs is 3. The number of hydrogen-bond donors (Lipinski definition) is 5. The van der Waals surface area contributed by atoms with Crippen molar-refractivity contribution >= 4 is 88.1 Å². The topological polar surface area (TPSA) is 152 Å². The van der Waals surface area contributed by atoms with Crippen molar-refractivity contribution in [1.29, 1.82) is 0 Å². The van der Waals surface area contributed by atoms with Crippen molar-refractivity contribution in [3.63, 3.8) is 0 Å². The second kappa shape index (κ2) is 15.9. The van der Waals surface area contributed by atoms with E-state index in [1.54, 1.807) is 0 Å². The van der Waals surface area contributed by atoms with Gasteiger partial charge in [0, 0.05) is 40.2 Å². The van der Waals surface area contributed by atoms with Gasteiger partial charge in [0.05, 0.1) is 21.7 Å². The molecule has 2 unspecified atom stereocenters. The SMILES string of the molecule is CN1c2ccc(Cl)cc2C=C(C(=O)O)C1C(F)(F)F.O=C(O)C1=Cc2cc(Cl)ccc2N[C@@H]1C(F)(F)F.O=C(O)C1=Cc2cc(Cl)cnc2NC1C(F)(F)F. The highest BCUT2D eigenvalue weighted by Crippen LogP contribution is 2.41. The molecule has 294 valence electrons. The highest BCUT2D eigenvalue weighted by Gasteiger charge is 2.50. The predicted octanol–water partition coefficient (Wildman–Crippen LogP) is 8.91. The van der Waals surface area contributed by atoms with Crippen molar-refractivity contribution in [3.8, 4) is 0 Å². The van der Waals surface area contributed by atoms with Crippen LogP contribution in [0.1, 0.15) is 16.7 Å². The Morgan fingerprint density at radius 1 is 0.636 bits per heavy atom. The minimum Gasteiger partial charge on any atom is -0.478 e. The minimum absolute atomic E-state index is 0.0493. The minimum atomic E-state index is -4.72. The molecule has 0 amide bonds. The number of pyridine rings is 1. The number of aromatic nitrogens is 1. The molecular formula is C33H22Cl3F9N4O6. The maximum absolute atomic E-state index is 13.0. The molecule has 0 saturated carbocycles. The van der Waals surface area contributed by atoms with Gasteiger partial charge in [-0.1, -0.05) is 34.8 Å². The van der Waals surface area contributed by atoms with Crippen LogP contribution >= 0.6 is 34.8 Å². The maximum Gasteiger partial charge on any atom is 0.413 e. The number of nitrogens with zero attached hydrogens (tertiary/aromatic N) is 2. The summed E-state index contributed by atoms with van der Waals surface area (Å²) in [5, 5.41) is 31.7. The van der Waals surface area contributed by atoms with Gasteiger partial charge in [-0.15, -0.1) is 0 Å². The number of carboxylic acid groups (broad SMARTS) is 3. The van der Waals surface area contributed by atoms with E-state index in [1.165, 1.54) is 55.7 Å². The zero-order valence-corrected chi connectivity index (χ0v) is 29.3. The molecule has 0 spiro atoms. The lowest BCUT2D eigenvalue weighted by molar-refractivity contribution is -0.150.